The summed E-state index contributed by atoms with van der Waals surface area (Å²) in [6.45, 7) is 10.7. The first-order chi connectivity index (χ1) is 10.2. The van der Waals surface area contributed by atoms with Gasteiger partial charge in [-0.15, -0.1) is 0 Å². The summed E-state index contributed by atoms with van der Waals surface area (Å²) < 4.78 is 10.9. The quantitative estimate of drug-likeness (QED) is 0.626. The predicted octanol–water partition coefficient (Wildman–Crippen LogP) is 4.29. The number of hydrogen-bond acceptors (Lipinski definition) is 3. The molecule has 0 aliphatic rings. The van der Waals surface area contributed by atoms with Crippen molar-refractivity contribution in [3.8, 4) is 5.75 Å². The van der Waals surface area contributed by atoms with Crippen LogP contribution in [0.1, 0.15) is 36.7 Å². The Balaban J connectivity index is 2.68. The minimum Gasteiger partial charge on any atom is -0.546 e. The van der Waals surface area contributed by atoms with Crippen LogP contribution in [0.3, 0.4) is 0 Å². The van der Waals surface area contributed by atoms with Gasteiger partial charge in [-0.25, -0.2) is 4.79 Å². The SMILES string of the molecule is COC(=O)c1ccc2cc(C(C)(C)C)ccc2c1O[SiH](C)C. The lowest BCUT2D eigenvalue weighted by Crippen LogP contribution is -2.15. The lowest BCUT2D eigenvalue weighted by Gasteiger charge is -2.21. The van der Waals surface area contributed by atoms with Crippen LogP contribution in [0.15, 0.2) is 30.3 Å². The summed E-state index contributed by atoms with van der Waals surface area (Å²) in [4.78, 5) is 12.0. The largest absolute Gasteiger partial charge is 0.546 e. The van der Waals surface area contributed by atoms with Crippen LogP contribution < -0.4 is 4.43 Å². The molecule has 0 radical (unpaired) electrons. The van der Waals surface area contributed by atoms with Gasteiger partial charge >= 0.3 is 5.97 Å². The number of esters is 1. The molecule has 4 heteroatoms. The molecular weight excluding hydrogens is 292 g/mol. The number of carbonyl (C=O) groups excluding carboxylic acids is 1. The average Bonchev–Trinajstić information content (AvgIpc) is 2.44. The summed E-state index contributed by atoms with van der Waals surface area (Å²) in [5.41, 5.74) is 1.85. The molecule has 0 N–H and O–H groups in total. The second-order valence-electron chi connectivity index (χ2n) is 6.79. The van der Waals surface area contributed by atoms with Crippen LogP contribution in [0.5, 0.6) is 5.75 Å². The van der Waals surface area contributed by atoms with Crippen molar-refractivity contribution in [1.82, 2.24) is 0 Å². The van der Waals surface area contributed by atoms with Crippen molar-refractivity contribution in [3.63, 3.8) is 0 Å². The second-order valence-corrected chi connectivity index (χ2v) is 9.12. The average molecular weight is 316 g/mol. The standard InChI is InChI=1S/C18H24O3Si/c1-18(2,3)13-8-10-14-12(11-13)7-9-15(17(19)20-4)16(14)21-22(5)6/h7-11,22H,1-6H3. The Hall–Kier alpha value is -1.81. The smallest absolute Gasteiger partial charge is 0.341 e. The number of carbonyl (C=O) groups is 1. The molecule has 3 nitrogen and oxygen atoms in total. The van der Waals surface area contributed by atoms with E-state index in [0.29, 0.717) is 11.3 Å². The van der Waals surface area contributed by atoms with E-state index in [-0.39, 0.29) is 11.4 Å². The first-order valence-corrected chi connectivity index (χ1v) is 10.3. The first kappa shape index (κ1) is 16.6. The van der Waals surface area contributed by atoms with Crippen LogP contribution in [-0.2, 0) is 10.2 Å². The molecule has 0 saturated heterocycles. The summed E-state index contributed by atoms with van der Waals surface area (Å²) in [7, 11) is 0.0560. The van der Waals surface area contributed by atoms with Gasteiger partial charge in [0, 0.05) is 5.39 Å². The van der Waals surface area contributed by atoms with Crippen molar-refractivity contribution in [2.24, 2.45) is 0 Å². The number of hydrogen-bond donors (Lipinski definition) is 0. The summed E-state index contributed by atoms with van der Waals surface area (Å²) in [6, 6.07) is 10.1. The summed E-state index contributed by atoms with van der Waals surface area (Å²) >= 11 is 0. The summed E-state index contributed by atoms with van der Waals surface area (Å²) in [6.07, 6.45) is 0. The molecule has 0 amide bonds. The molecule has 2 aromatic rings. The molecule has 0 unspecified atom stereocenters. The fourth-order valence-corrected chi connectivity index (χ4v) is 3.13. The van der Waals surface area contributed by atoms with Gasteiger partial charge in [-0.3, -0.25) is 0 Å². The van der Waals surface area contributed by atoms with Crippen LogP contribution in [0.2, 0.25) is 13.1 Å². The van der Waals surface area contributed by atoms with E-state index in [4.69, 9.17) is 9.16 Å². The van der Waals surface area contributed by atoms with E-state index in [2.05, 4.69) is 52.1 Å². The maximum atomic E-state index is 12.0. The summed E-state index contributed by atoms with van der Waals surface area (Å²) in [5, 5.41) is 2.06. The van der Waals surface area contributed by atoms with Crippen molar-refractivity contribution in [2.45, 2.75) is 39.3 Å². The van der Waals surface area contributed by atoms with Crippen molar-refractivity contribution in [1.29, 1.82) is 0 Å². The third kappa shape index (κ3) is 3.33. The van der Waals surface area contributed by atoms with Crippen LogP contribution in [0, 0.1) is 0 Å². The minimum absolute atomic E-state index is 0.0863. The third-order valence-corrected chi connectivity index (χ3v) is 4.30. The number of benzene rings is 2. The lowest BCUT2D eigenvalue weighted by atomic mass is 9.85. The molecule has 118 valence electrons. The predicted molar refractivity (Wildman–Crippen MR) is 93.5 cm³/mol. The minimum atomic E-state index is -1.34. The maximum absolute atomic E-state index is 12.0. The zero-order valence-corrected chi connectivity index (χ0v) is 15.3. The van der Waals surface area contributed by atoms with Gasteiger partial charge in [0.1, 0.15) is 11.3 Å². The van der Waals surface area contributed by atoms with Gasteiger partial charge in [0.15, 0.2) is 0 Å². The molecule has 0 atom stereocenters. The molecule has 0 saturated carbocycles. The fraction of sp³-hybridized carbons (Fsp3) is 0.389. The van der Waals surface area contributed by atoms with E-state index >= 15 is 0 Å². The molecule has 0 spiro atoms. The fourth-order valence-electron chi connectivity index (χ4n) is 2.40. The molecule has 0 aliphatic carbocycles. The van der Waals surface area contributed by atoms with Gasteiger partial charge in [-0.2, -0.15) is 0 Å². The van der Waals surface area contributed by atoms with E-state index in [1.807, 2.05) is 6.07 Å². The molecule has 0 aromatic heterocycles. The molecular formula is C18H24O3Si. The van der Waals surface area contributed by atoms with Gasteiger partial charge in [0.05, 0.1) is 7.11 Å². The Morgan fingerprint density at radius 2 is 1.77 bits per heavy atom. The van der Waals surface area contributed by atoms with Gasteiger partial charge in [0.25, 0.3) is 0 Å². The molecule has 2 aromatic carbocycles. The lowest BCUT2D eigenvalue weighted by molar-refractivity contribution is 0.0599. The van der Waals surface area contributed by atoms with Crippen LogP contribution in [-0.4, -0.2) is 22.1 Å². The molecule has 0 heterocycles. The van der Waals surface area contributed by atoms with Crippen molar-refractivity contribution in [2.75, 3.05) is 7.11 Å². The Bertz CT molecular complexity index is 699. The highest BCUT2D eigenvalue weighted by atomic mass is 28.3. The van der Waals surface area contributed by atoms with Gasteiger partial charge in [-0.05, 0) is 35.5 Å². The first-order valence-electron chi connectivity index (χ1n) is 7.56. The molecule has 0 aliphatic heterocycles. The highest BCUT2D eigenvalue weighted by Crippen LogP contribution is 2.34. The molecule has 0 fully saturated rings. The van der Waals surface area contributed by atoms with E-state index in [1.165, 1.54) is 12.7 Å². The van der Waals surface area contributed by atoms with Gasteiger partial charge < -0.3 is 9.16 Å². The normalized spacial score (nSPS) is 11.8. The van der Waals surface area contributed by atoms with E-state index in [0.717, 1.165) is 10.8 Å². The number of rotatable bonds is 3. The Morgan fingerprint density at radius 1 is 1.09 bits per heavy atom. The zero-order valence-electron chi connectivity index (χ0n) is 14.2. The van der Waals surface area contributed by atoms with E-state index in [9.17, 15) is 4.79 Å². The second kappa shape index (κ2) is 6.13. The molecule has 22 heavy (non-hydrogen) atoms. The zero-order chi connectivity index (χ0) is 16.5. The highest BCUT2D eigenvalue weighted by molar-refractivity contribution is 6.49. The Labute approximate surface area is 134 Å². The van der Waals surface area contributed by atoms with Gasteiger partial charge in [-0.1, -0.05) is 45.0 Å². The van der Waals surface area contributed by atoms with Crippen LogP contribution in [0.4, 0.5) is 0 Å². The van der Waals surface area contributed by atoms with E-state index in [1.54, 1.807) is 6.07 Å². The van der Waals surface area contributed by atoms with Crippen molar-refractivity contribution in [3.05, 3.63) is 41.5 Å². The number of methoxy groups -OCH3 is 1. The number of fused-ring (bicyclic) bond motifs is 1. The summed E-state index contributed by atoms with van der Waals surface area (Å²) in [5.74, 6) is 0.304. The van der Waals surface area contributed by atoms with Crippen molar-refractivity contribution < 1.29 is 14.0 Å². The van der Waals surface area contributed by atoms with Crippen LogP contribution >= 0.6 is 0 Å². The van der Waals surface area contributed by atoms with Crippen molar-refractivity contribution >= 4 is 25.8 Å². The molecule has 2 rings (SSSR count). The molecule has 0 bridgehead atoms. The Morgan fingerprint density at radius 3 is 2.32 bits per heavy atom. The number of ether oxygens (including phenoxy) is 1. The third-order valence-electron chi connectivity index (χ3n) is 3.60. The highest BCUT2D eigenvalue weighted by Gasteiger charge is 2.19. The van der Waals surface area contributed by atoms with Gasteiger partial charge in [0.2, 0.25) is 9.04 Å². The van der Waals surface area contributed by atoms with Crippen LogP contribution in [0.25, 0.3) is 10.8 Å². The topological polar surface area (TPSA) is 35.5 Å². The van der Waals surface area contributed by atoms with E-state index < -0.39 is 9.04 Å². The Kier molecular flexibility index (Phi) is 4.61. The maximum Gasteiger partial charge on any atom is 0.341 e. The monoisotopic (exact) mass is 316 g/mol.